The first-order valence-electron chi connectivity index (χ1n) is 8.72. The molecule has 0 saturated heterocycles. The molecule has 0 aromatic heterocycles. The highest BCUT2D eigenvalue weighted by atomic mass is 35.5. The molecule has 0 heterocycles. The van der Waals surface area contributed by atoms with E-state index in [4.69, 9.17) is 5.73 Å². The van der Waals surface area contributed by atoms with Gasteiger partial charge in [0.25, 0.3) is 0 Å². The monoisotopic (exact) mass is 407 g/mol. The van der Waals surface area contributed by atoms with E-state index in [1.807, 2.05) is 0 Å². The number of para-hydroxylation sites is 1. The third kappa shape index (κ3) is 5.84. The molecule has 27 heavy (non-hydrogen) atoms. The minimum atomic E-state index is -4.57. The summed E-state index contributed by atoms with van der Waals surface area (Å²) in [7, 11) is 0. The van der Waals surface area contributed by atoms with E-state index in [2.05, 4.69) is 5.32 Å². The van der Waals surface area contributed by atoms with Crippen molar-refractivity contribution in [3.63, 3.8) is 0 Å². The molecular weight excluding hydrogens is 383 g/mol. The van der Waals surface area contributed by atoms with Gasteiger partial charge in [-0.05, 0) is 44.4 Å². The van der Waals surface area contributed by atoms with Crippen LogP contribution in [0.15, 0.2) is 24.3 Å². The van der Waals surface area contributed by atoms with E-state index in [0.717, 1.165) is 25.3 Å². The lowest BCUT2D eigenvalue weighted by Crippen LogP contribution is -2.43. The van der Waals surface area contributed by atoms with Crippen molar-refractivity contribution in [3.05, 3.63) is 29.8 Å². The first-order chi connectivity index (χ1) is 12.3. The molecule has 0 radical (unpaired) electrons. The van der Waals surface area contributed by atoms with Crippen molar-refractivity contribution in [2.75, 3.05) is 25.0 Å². The maximum atomic E-state index is 13.0. The lowest BCUT2D eigenvalue weighted by Gasteiger charge is -2.26. The van der Waals surface area contributed by atoms with Crippen molar-refractivity contribution >= 4 is 29.9 Å². The zero-order chi connectivity index (χ0) is 19.3. The van der Waals surface area contributed by atoms with Gasteiger partial charge >= 0.3 is 6.18 Å². The molecule has 1 fully saturated rings. The predicted molar refractivity (Wildman–Crippen MR) is 99.5 cm³/mol. The highest BCUT2D eigenvalue weighted by Crippen LogP contribution is 2.35. The standard InChI is InChI=1S/C18H24F3N3O2.ClH/c1-2-24(17(26)13-7-5-6-12(13)10-22)11-16(25)23-15-9-4-3-8-14(15)18(19,20)21;/h3-4,8-9,12-13H,2,5-7,10-11,22H2,1H3,(H,23,25);1H/t12-,13-;/m1./s1. The molecule has 1 aromatic carbocycles. The molecule has 0 aliphatic heterocycles. The maximum Gasteiger partial charge on any atom is 0.418 e. The molecule has 2 rings (SSSR count). The third-order valence-electron chi connectivity index (χ3n) is 4.81. The van der Waals surface area contributed by atoms with Gasteiger partial charge in [0, 0.05) is 12.5 Å². The summed E-state index contributed by atoms with van der Waals surface area (Å²) in [4.78, 5) is 26.3. The highest BCUT2D eigenvalue weighted by molar-refractivity contribution is 5.95. The fraction of sp³-hybridized carbons (Fsp3) is 0.556. The van der Waals surface area contributed by atoms with E-state index < -0.39 is 17.6 Å². The fourth-order valence-corrected chi connectivity index (χ4v) is 3.43. The second kappa shape index (κ2) is 9.94. The summed E-state index contributed by atoms with van der Waals surface area (Å²) in [5.74, 6) is -0.917. The predicted octanol–water partition coefficient (Wildman–Crippen LogP) is 3.29. The Morgan fingerprint density at radius 3 is 2.52 bits per heavy atom. The molecule has 9 heteroatoms. The topological polar surface area (TPSA) is 75.4 Å². The Labute approximate surface area is 162 Å². The van der Waals surface area contributed by atoms with E-state index in [0.29, 0.717) is 13.1 Å². The molecule has 1 aliphatic carbocycles. The Bertz CT molecular complexity index is 655. The lowest BCUT2D eigenvalue weighted by molar-refractivity contribution is -0.139. The Morgan fingerprint density at radius 2 is 1.93 bits per heavy atom. The van der Waals surface area contributed by atoms with Crippen LogP contribution in [0.2, 0.25) is 0 Å². The van der Waals surface area contributed by atoms with Gasteiger partial charge in [0.1, 0.15) is 0 Å². The number of likely N-dealkylation sites (N-methyl/N-ethyl adjacent to an activating group) is 1. The number of anilines is 1. The number of rotatable bonds is 6. The number of hydrogen-bond acceptors (Lipinski definition) is 3. The van der Waals surface area contributed by atoms with Crippen LogP contribution < -0.4 is 11.1 Å². The van der Waals surface area contributed by atoms with Crippen molar-refractivity contribution in [2.24, 2.45) is 17.6 Å². The average Bonchev–Trinajstić information content (AvgIpc) is 3.07. The summed E-state index contributed by atoms with van der Waals surface area (Å²) < 4.78 is 39.0. The number of carbonyl (C=O) groups is 2. The van der Waals surface area contributed by atoms with E-state index in [1.165, 1.54) is 23.1 Å². The molecule has 0 bridgehead atoms. The lowest BCUT2D eigenvalue weighted by atomic mass is 9.94. The number of hydrogen-bond donors (Lipinski definition) is 2. The van der Waals surface area contributed by atoms with Crippen LogP contribution in [-0.4, -0.2) is 36.3 Å². The highest BCUT2D eigenvalue weighted by Gasteiger charge is 2.36. The number of amides is 2. The van der Waals surface area contributed by atoms with Crippen molar-refractivity contribution in [1.29, 1.82) is 0 Å². The molecule has 2 amide bonds. The number of halogens is 4. The van der Waals surface area contributed by atoms with E-state index in [1.54, 1.807) is 6.92 Å². The Kier molecular flexibility index (Phi) is 8.56. The SMILES string of the molecule is CCN(CC(=O)Nc1ccccc1C(F)(F)F)C(=O)[C@@H]1CCC[C@@H]1CN.Cl. The molecule has 0 spiro atoms. The Balaban J connectivity index is 0.00000364. The summed E-state index contributed by atoms with van der Waals surface area (Å²) >= 11 is 0. The van der Waals surface area contributed by atoms with Crippen LogP contribution in [0.25, 0.3) is 0 Å². The van der Waals surface area contributed by atoms with Gasteiger partial charge in [-0.15, -0.1) is 12.4 Å². The third-order valence-corrected chi connectivity index (χ3v) is 4.81. The Hall–Kier alpha value is -1.80. The van der Waals surface area contributed by atoms with Crippen LogP contribution in [0, 0.1) is 11.8 Å². The molecule has 152 valence electrons. The van der Waals surface area contributed by atoms with Crippen LogP contribution in [0.3, 0.4) is 0 Å². The van der Waals surface area contributed by atoms with Gasteiger partial charge in [0.2, 0.25) is 11.8 Å². The minimum Gasteiger partial charge on any atom is -0.333 e. The van der Waals surface area contributed by atoms with Gasteiger partial charge in [-0.25, -0.2) is 0 Å². The zero-order valence-electron chi connectivity index (χ0n) is 15.1. The summed E-state index contributed by atoms with van der Waals surface area (Å²) in [6, 6.07) is 4.77. The number of nitrogens with two attached hydrogens (primary N) is 1. The van der Waals surface area contributed by atoms with E-state index >= 15 is 0 Å². The molecule has 5 nitrogen and oxygen atoms in total. The van der Waals surface area contributed by atoms with Crippen molar-refractivity contribution in [1.82, 2.24) is 4.90 Å². The first kappa shape index (κ1) is 23.2. The zero-order valence-corrected chi connectivity index (χ0v) is 15.9. The molecule has 1 aromatic rings. The first-order valence-corrected chi connectivity index (χ1v) is 8.72. The Morgan fingerprint density at radius 1 is 1.26 bits per heavy atom. The molecule has 0 unspecified atom stereocenters. The fourth-order valence-electron chi connectivity index (χ4n) is 3.43. The second-order valence-electron chi connectivity index (χ2n) is 6.48. The van der Waals surface area contributed by atoms with Gasteiger partial charge in [0.05, 0.1) is 17.8 Å². The van der Waals surface area contributed by atoms with Crippen LogP contribution in [-0.2, 0) is 15.8 Å². The quantitative estimate of drug-likeness (QED) is 0.759. The van der Waals surface area contributed by atoms with Crippen LogP contribution >= 0.6 is 12.4 Å². The van der Waals surface area contributed by atoms with Gasteiger partial charge in [-0.2, -0.15) is 13.2 Å². The smallest absolute Gasteiger partial charge is 0.333 e. The maximum absolute atomic E-state index is 13.0. The number of benzene rings is 1. The summed E-state index contributed by atoms with van der Waals surface area (Å²) in [6.07, 6.45) is -2.03. The summed E-state index contributed by atoms with van der Waals surface area (Å²) in [5, 5.41) is 2.28. The molecule has 1 aliphatic rings. The largest absolute Gasteiger partial charge is 0.418 e. The van der Waals surface area contributed by atoms with Gasteiger partial charge in [-0.3, -0.25) is 9.59 Å². The molecular formula is C18H25ClF3N3O2. The van der Waals surface area contributed by atoms with Gasteiger partial charge in [-0.1, -0.05) is 18.6 Å². The van der Waals surface area contributed by atoms with E-state index in [9.17, 15) is 22.8 Å². The van der Waals surface area contributed by atoms with Crippen LogP contribution in [0.5, 0.6) is 0 Å². The summed E-state index contributed by atoms with van der Waals surface area (Å²) in [5.41, 5.74) is 4.48. The van der Waals surface area contributed by atoms with Crippen molar-refractivity contribution in [3.8, 4) is 0 Å². The van der Waals surface area contributed by atoms with Crippen molar-refractivity contribution < 1.29 is 22.8 Å². The molecule has 2 atom stereocenters. The number of nitrogens with zero attached hydrogens (tertiary/aromatic N) is 1. The van der Waals surface area contributed by atoms with Crippen LogP contribution in [0.1, 0.15) is 31.7 Å². The minimum absolute atomic E-state index is 0. The van der Waals surface area contributed by atoms with E-state index in [-0.39, 0.29) is 42.4 Å². The van der Waals surface area contributed by atoms with Crippen molar-refractivity contribution in [2.45, 2.75) is 32.4 Å². The van der Waals surface area contributed by atoms with Gasteiger partial charge < -0.3 is 16.0 Å². The summed E-state index contributed by atoms with van der Waals surface area (Å²) in [6.45, 7) is 2.18. The number of alkyl halides is 3. The molecule has 3 N–H and O–H groups in total. The van der Waals surface area contributed by atoms with Gasteiger partial charge in [0.15, 0.2) is 0 Å². The second-order valence-corrected chi connectivity index (χ2v) is 6.48. The number of nitrogens with one attached hydrogen (secondary N) is 1. The number of carbonyl (C=O) groups excluding carboxylic acids is 2. The average molecular weight is 408 g/mol. The molecule has 1 saturated carbocycles. The normalized spacial score (nSPS) is 19.3. The van der Waals surface area contributed by atoms with Crippen LogP contribution in [0.4, 0.5) is 18.9 Å².